The molecular weight excluding hydrogens is 330 g/mol. The van der Waals surface area contributed by atoms with Gasteiger partial charge in [0.15, 0.2) is 5.78 Å². The number of para-hydroxylation sites is 1. The number of carbonyl (C=O) groups is 2. The highest BCUT2D eigenvalue weighted by Gasteiger charge is 2.31. The smallest absolute Gasteiger partial charge is 0.255 e. The number of Topliss-reactive ketones (excluding diaryl/α,β-unsaturated/α-hetero) is 1. The molecule has 0 unspecified atom stereocenters. The van der Waals surface area contributed by atoms with Crippen LogP contribution in [0.3, 0.4) is 0 Å². The monoisotopic (exact) mass is 347 g/mol. The third kappa shape index (κ3) is 2.75. The minimum absolute atomic E-state index is 0.114. The average Bonchev–Trinajstić information content (AvgIpc) is 3.06. The number of rotatable bonds is 3. The Morgan fingerprint density at radius 3 is 2.69 bits per heavy atom. The van der Waals surface area contributed by atoms with E-state index in [1.54, 1.807) is 29.9 Å². The van der Waals surface area contributed by atoms with Gasteiger partial charge in [-0.3, -0.25) is 14.3 Å². The maximum atomic E-state index is 12.8. The van der Waals surface area contributed by atoms with Crippen molar-refractivity contribution in [3.63, 3.8) is 0 Å². The minimum Gasteiger partial charge on any atom is -0.490 e. The van der Waals surface area contributed by atoms with Crippen molar-refractivity contribution in [2.24, 2.45) is 7.05 Å². The summed E-state index contributed by atoms with van der Waals surface area (Å²) in [6.07, 6.45) is 1.51. The molecule has 3 aromatic rings. The summed E-state index contributed by atoms with van der Waals surface area (Å²) in [5.41, 5.74) is 2.49. The molecule has 4 rings (SSSR count). The van der Waals surface area contributed by atoms with E-state index in [9.17, 15) is 9.59 Å². The van der Waals surface area contributed by atoms with Crippen molar-refractivity contribution < 1.29 is 14.3 Å². The number of amides is 1. The van der Waals surface area contributed by atoms with Crippen LogP contribution in [0.5, 0.6) is 5.75 Å². The van der Waals surface area contributed by atoms with Crippen LogP contribution in [-0.4, -0.2) is 34.1 Å². The number of nitrogens with zero attached hydrogens (tertiary/aromatic N) is 2. The van der Waals surface area contributed by atoms with E-state index in [-0.39, 0.29) is 18.3 Å². The van der Waals surface area contributed by atoms with Crippen LogP contribution in [-0.2, 0) is 7.05 Å². The summed E-state index contributed by atoms with van der Waals surface area (Å²) < 4.78 is 7.26. The van der Waals surface area contributed by atoms with Crippen molar-refractivity contribution in [3.05, 3.63) is 71.9 Å². The van der Waals surface area contributed by atoms with Crippen LogP contribution < -0.4 is 10.1 Å². The quantitative estimate of drug-likeness (QED) is 0.790. The Labute approximate surface area is 150 Å². The molecule has 0 bridgehead atoms. The van der Waals surface area contributed by atoms with Crippen LogP contribution in [0.1, 0.15) is 20.7 Å². The summed E-state index contributed by atoms with van der Waals surface area (Å²) in [5.74, 6) is 0.0537. The number of ether oxygens (including phenoxy) is 1. The Morgan fingerprint density at radius 2 is 1.88 bits per heavy atom. The van der Waals surface area contributed by atoms with Gasteiger partial charge in [0, 0.05) is 12.6 Å². The maximum absolute atomic E-state index is 12.8. The van der Waals surface area contributed by atoms with E-state index in [4.69, 9.17) is 4.74 Å². The average molecular weight is 347 g/mol. The molecule has 0 fully saturated rings. The number of carbonyl (C=O) groups excluding carboxylic acids is 2. The van der Waals surface area contributed by atoms with Gasteiger partial charge >= 0.3 is 0 Å². The van der Waals surface area contributed by atoms with Crippen molar-refractivity contribution in [1.82, 2.24) is 15.1 Å². The Balaban J connectivity index is 1.60. The van der Waals surface area contributed by atoms with Crippen LogP contribution in [0.15, 0.2) is 60.8 Å². The summed E-state index contributed by atoms with van der Waals surface area (Å²) >= 11 is 0. The zero-order valence-electron chi connectivity index (χ0n) is 14.2. The number of fused-ring (bicyclic) bond motifs is 1. The molecule has 0 saturated carbocycles. The number of ketones is 1. The number of aryl methyl sites for hydroxylation is 1. The fourth-order valence-electron chi connectivity index (χ4n) is 3.12. The van der Waals surface area contributed by atoms with Gasteiger partial charge in [0.1, 0.15) is 18.4 Å². The van der Waals surface area contributed by atoms with Gasteiger partial charge in [0.05, 0.1) is 23.0 Å². The van der Waals surface area contributed by atoms with Crippen molar-refractivity contribution in [2.75, 3.05) is 6.61 Å². The predicted octanol–water partition coefficient (Wildman–Crippen LogP) is 2.46. The van der Waals surface area contributed by atoms with E-state index >= 15 is 0 Å². The first kappa shape index (κ1) is 16.1. The second-order valence-corrected chi connectivity index (χ2v) is 6.09. The second kappa shape index (κ2) is 6.48. The summed E-state index contributed by atoms with van der Waals surface area (Å²) in [7, 11) is 1.78. The number of nitrogens with one attached hydrogen (secondary N) is 1. The lowest BCUT2D eigenvalue weighted by atomic mass is 10.0. The molecule has 1 aromatic heterocycles. The number of hydrogen-bond acceptors (Lipinski definition) is 4. The molecule has 1 N–H and O–H groups in total. The Hall–Kier alpha value is -3.41. The van der Waals surface area contributed by atoms with Gasteiger partial charge in [-0.15, -0.1) is 0 Å². The zero-order valence-corrected chi connectivity index (χ0v) is 14.2. The summed E-state index contributed by atoms with van der Waals surface area (Å²) in [6, 6.07) is 15.9. The zero-order chi connectivity index (χ0) is 18.1. The molecule has 1 amide bonds. The molecule has 1 atom stereocenters. The molecule has 2 heterocycles. The molecule has 0 saturated heterocycles. The Bertz CT molecular complexity index is 979. The molecule has 0 aliphatic carbocycles. The first-order valence-electron chi connectivity index (χ1n) is 8.29. The highest BCUT2D eigenvalue weighted by Crippen LogP contribution is 2.26. The molecule has 0 spiro atoms. The third-order valence-electron chi connectivity index (χ3n) is 4.41. The largest absolute Gasteiger partial charge is 0.490 e. The first-order chi connectivity index (χ1) is 12.6. The van der Waals surface area contributed by atoms with Crippen molar-refractivity contribution in [2.45, 2.75) is 6.04 Å². The van der Waals surface area contributed by atoms with Gasteiger partial charge in [-0.1, -0.05) is 42.5 Å². The molecule has 6 heteroatoms. The summed E-state index contributed by atoms with van der Waals surface area (Å²) in [6.45, 7) is 0.114. The van der Waals surface area contributed by atoms with Crippen LogP contribution in [0.4, 0.5) is 0 Å². The van der Waals surface area contributed by atoms with E-state index in [0.717, 1.165) is 5.56 Å². The van der Waals surface area contributed by atoms with E-state index < -0.39 is 6.04 Å². The van der Waals surface area contributed by atoms with E-state index in [0.29, 0.717) is 22.6 Å². The Morgan fingerprint density at radius 1 is 1.15 bits per heavy atom. The Kier molecular flexibility index (Phi) is 4.01. The molecule has 1 aliphatic rings. The normalized spacial score (nSPS) is 15.9. The van der Waals surface area contributed by atoms with Crippen LogP contribution >= 0.6 is 0 Å². The fourth-order valence-corrected chi connectivity index (χ4v) is 3.12. The molecular formula is C20H17N3O3. The SMILES string of the molecule is Cn1ncc(C(=O)N[C@H]2COc3ccccc3C2=O)c1-c1ccccc1. The maximum Gasteiger partial charge on any atom is 0.255 e. The van der Waals surface area contributed by atoms with Crippen LogP contribution in [0, 0.1) is 0 Å². The van der Waals surface area contributed by atoms with Crippen LogP contribution in [0.25, 0.3) is 11.3 Å². The lowest BCUT2D eigenvalue weighted by Gasteiger charge is -2.24. The van der Waals surface area contributed by atoms with E-state index in [1.807, 2.05) is 36.4 Å². The molecule has 26 heavy (non-hydrogen) atoms. The number of benzene rings is 2. The molecule has 2 aromatic carbocycles. The van der Waals surface area contributed by atoms with Gasteiger partial charge in [-0.2, -0.15) is 5.10 Å². The number of hydrogen-bond donors (Lipinski definition) is 1. The first-order valence-corrected chi connectivity index (χ1v) is 8.29. The van der Waals surface area contributed by atoms with Gasteiger partial charge in [0.25, 0.3) is 5.91 Å². The molecule has 0 radical (unpaired) electrons. The van der Waals surface area contributed by atoms with Crippen molar-refractivity contribution in [1.29, 1.82) is 0 Å². The van der Waals surface area contributed by atoms with Gasteiger partial charge in [-0.05, 0) is 12.1 Å². The predicted molar refractivity (Wildman–Crippen MR) is 96.2 cm³/mol. The second-order valence-electron chi connectivity index (χ2n) is 6.09. The lowest BCUT2D eigenvalue weighted by molar-refractivity contribution is 0.0795. The number of aromatic nitrogens is 2. The summed E-state index contributed by atoms with van der Waals surface area (Å²) in [4.78, 5) is 25.4. The van der Waals surface area contributed by atoms with Gasteiger partial charge in [-0.25, -0.2) is 0 Å². The third-order valence-corrected chi connectivity index (χ3v) is 4.41. The van der Waals surface area contributed by atoms with Gasteiger partial charge in [0.2, 0.25) is 0 Å². The van der Waals surface area contributed by atoms with E-state index in [1.165, 1.54) is 6.20 Å². The highest BCUT2D eigenvalue weighted by molar-refractivity contribution is 6.07. The van der Waals surface area contributed by atoms with Crippen LogP contribution in [0.2, 0.25) is 0 Å². The highest BCUT2D eigenvalue weighted by atomic mass is 16.5. The van der Waals surface area contributed by atoms with Crippen molar-refractivity contribution >= 4 is 11.7 Å². The minimum atomic E-state index is -0.721. The lowest BCUT2D eigenvalue weighted by Crippen LogP contribution is -2.47. The molecule has 6 nitrogen and oxygen atoms in total. The van der Waals surface area contributed by atoms with Crippen molar-refractivity contribution in [3.8, 4) is 17.0 Å². The molecule has 1 aliphatic heterocycles. The van der Waals surface area contributed by atoms with E-state index in [2.05, 4.69) is 10.4 Å². The molecule has 130 valence electrons. The summed E-state index contributed by atoms with van der Waals surface area (Å²) in [5, 5.41) is 6.98. The topological polar surface area (TPSA) is 73.2 Å². The van der Waals surface area contributed by atoms with Gasteiger partial charge < -0.3 is 10.1 Å². The standard InChI is InChI=1S/C20H17N3O3/c1-23-18(13-7-3-2-4-8-13)15(11-21-23)20(25)22-16-12-26-17-10-6-5-9-14(17)19(16)24/h2-11,16H,12H2,1H3,(H,22,25)/t16-/m0/s1. The fraction of sp³-hybridized carbons (Fsp3) is 0.150.